The number of pyridine rings is 1. The molecule has 2 atom stereocenters. The second-order valence-electron chi connectivity index (χ2n) is 5.37. The first-order chi connectivity index (χ1) is 11.9. The number of alkyl halides is 3. The molecule has 0 spiro atoms. The molecule has 2 rings (SSSR count). The number of aromatic nitrogens is 1. The van der Waals surface area contributed by atoms with Gasteiger partial charge in [0.15, 0.2) is 18.6 Å². The summed E-state index contributed by atoms with van der Waals surface area (Å²) < 4.78 is 46.8. The van der Waals surface area contributed by atoms with Crippen molar-refractivity contribution in [1.82, 2.24) is 15.2 Å². The third kappa shape index (κ3) is 5.09. The normalized spacial score (nSPS) is 18.3. The van der Waals surface area contributed by atoms with E-state index in [-0.39, 0.29) is 24.0 Å². The Labute approximate surface area is 144 Å². The number of halogens is 3. The van der Waals surface area contributed by atoms with Gasteiger partial charge in [-0.1, -0.05) is 6.92 Å². The molecule has 0 saturated carbocycles. The molecule has 0 bridgehead atoms. The number of rotatable bonds is 7. The lowest BCUT2D eigenvalue weighted by atomic mass is 10.1. The fourth-order valence-electron chi connectivity index (χ4n) is 2.36. The van der Waals surface area contributed by atoms with E-state index in [1.165, 1.54) is 13.3 Å². The fourth-order valence-corrected chi connectivity index (χ4v) is 2.36. The molecule has 0 amide bonds. The van der Waals surface area contributed by atoms with Crippen molar-refractivity contribution in [2.24, 2.45) is 4.99 Å². The fraction of sp³-hybridized carbons (Fsp3) is 0.500. The van der Waals surface area contributed by atoms with Crippen molar-refractivity contribution >= 4 is 6.21 Å². The molecule has 9 heteroatoms. The Balaban J connectivity index is 2.18. The molecule has 0 aromatic carbocycles. The number of allylic oxidation sites excluding steroid dienone is 1. The molecule has 1 N–H and O–H groups in total. The van der Waals surface area contributed by atoms with E-state index < -0.39 is 12.8 Å². The van der Waals surface area contributed by atoms with Crippen molar-refractivity contribution < 1.29 is 22.6 Å². The highest BCUT2D eigenvalue weighted by molar-refractivity contribution is 5.71. The van der Waals surface area contributed by atoms with E-state index in [9.17, 15) is 13.2 Å². The van der Waals surface area contributed by atoms with Gasteiger partial charge >= 0.3 is 6.18 Å². The number of hydrogen-bond donors (Lipinski definition) is 1. The van der Waals surface area contributed by atoms with Crippen LogP contribution in [0.1, 0.15) is 25.5 Å². The van der Waals surface area contributed by atoms with Crippen molar-refractivity contribution in [3.63, 3.8) is 0 Å². The van der Waals surface area contributed by atoms with Crippen LogP contribution >= 0.6 is 0 Å². The average Bonchev–Trinajstić information content (AvgIpc) is 2.59. The first-order valence-electron chi connectivity index (χ1n) is 7.80. The molecule has 1 aliphatic rings. The molecule has 2 heterocycles. The summed E-state index contributed by atoms with van der Waals surface area (Å²) in [5.74, 6) is -0.0377. The molecule has 138 valence electrons. The molecule has 0 aliphatic carbocycles. The summed E-state index contributed by atoms with van der Waals surface area (Å²) in [5.41, 5.74) is 0.765. The minimum absolute atomic E-state index is 0.129. The highest BCUT2D eigenvalue weighted by Crippen LogP contribution is 2.32. The summed E-state index contributed by atoms with van der Waals surface area (Å²) in [6, 6.07) is 1.49. The number of aliphatic imine (C=N–C) groups is 1. The molecule has 0 fully saturated rings. The third-order valence-corrected chi connectivity index (χ3v) is 3.60. The van der Waals surface area contributed by atoms with E-state index in [0.29, 0.717) is 0 Å². The molecular formula is C16H21F3N4O2. The first-order valence-corrected chi connectivity index (χ1v) is 7.80. The van der Waals surface area contributed by atoms with E-state index in [0.717, 1.165) is 12.1 Å². The SMILES string of the molecule is CCNC1N=CC=CN1C(C)c1cnc(OCC(F)(F)F)c(OC)c1. The van der Waals surface area contributed by atoms with Gasteiger partial charge in [-0.3, -0.25) is 10.3 Å². The van der Waals surface area contributed by atoms with Gasteiger partial charge in [-0.15, -0.1) is 0 Å². The van der Waals surface area contributed by atoms with E-state index in [4.69, 9.17) is 9.47 Å². The lowest BCUT2D eigenvalue weighted by Gasteiger charge is -2.35. The van der Waals surface area contributed by atoms with Crippen LogP contribution in [-0.4, -0.2) is 48.8 Å². The average molecular weight is 358 g/mol. The van der Waals surface area contributed by atoms with Crippen molar-refractivity contribution in [1.29, 1.82) is 0 Å². The van der Waals surface area contributed by atoms with Gasteiger partial charge in [0, 0.05) is 18.6 Å². The Morgan fingerprint density at radius 1 is 1.40 bits per heavy atom. The van der Waals surface area contributed by atoms with Crippen molar-refractivity contribution in [3.05, 3.63) is 30.1 Å². The van der Waals surface area contributed by atoms with Gasteiger partial charge < -0.3 is 14.4 Å². The van der Waals surface area contributed by atoms with E-state index in [1.807, 2.05) is 31.0 Å². The van der Waals surface area contributed by atoms with Gasteiger partial charge in [0.05, 0.1) is 13.2 Å². The predicted molar refractivity (Wildman–Crippen MR) is 87.7 cm³/mol. The molecule has 25 heavy (non-hydrogen) atoms. The number of nitrogens with zero attached hydrogens (tertiary/aromatic N) is 3. The lowest BCUT2D eigenvalue weighted by Crippen LogP contribution is -2.43. The molecule has 0 radical (unpaired) electrons. The van der Waals surface area contributed by atoms with E-state index >= 15 is 0 Å². The quantitative estimate of drug-likeness (QED) is 0.812. The second-order valence-corrected chi connectivity index (χ2v) is 5.37. The van der Waals surface area contributed by atoms with Crippen LogP contribution < -0.4 is 14.8 Å². The maximum Gasteiger partial charge on any atom is 0.422 e. The summed E-state index contributed by atoms with van der Waals surface area (Å²) in [5, 5.41) is 3.24. The van der Waals surface area contributed by atoms with Crippen LogP contribution in [0.4, 0.5) is 13.2 Å². The van der Waals surface area contributed by atoms with Gasteiger partial charge in [-0.05, 0) is 31.2 Å². The van der Waals surface area contributed by atoms with Crippen LogP contribution in [0.3, 0.4) is 0 Å². The Morgan fingerprint density at radius 3 is 2.80 bits per heavy atom. The van der Waals surface area contributed by atoms with Gasteiger partial charge in [0.25, 0.3) is 5.88 Å². The second kappa shape index (κ2) is 8.19. The molecule has 1 aromatic heterocycles. The maximum absolute atomic E-state index is 12.3. The third-order valence-electron chi connectivity index (χ3n) is 3.60. The number of nitrogens with one attached hydrogen (secondary N) is 1. The van der Waals surface area contributed by atoms with Crippen molar-refractivity contribution in [2.45, 2.75) is 32.4 Å². The number of methoxy groups -OCH3 is 1. The lowest BCUT2D eigenvalue weighted by molar-refractivity contribution is -0.154. The van der Waals surface area contributed by atoms with E-state index in [2.05, 4.69) is 15.3 Å². The standard InChI is InChI=1S/C16H21F3N4O2/c1-4-20-15-21-6-5-7-23(15)11(2)12-8-13(24-3)14(22-9-12)25-10-16(17,18)19/h5-9,11,15,20H,4,10H2,1-3H3. The van der Waals surface area contributed by atoms with Gasteiger partial charge in [0.2, 0.25) is 0 Å². The van der Waals surface area contributed by atoms with Crippen LogP contribution in [0.25, 0.3) is 0 Å². The van der Waals surface area contributed by atoms with Gasteiger partial charge in [-0.2, -0.15) is 13.2 Å². The summed E-state index contributed by atoms with van der Waals surface area (Å²) in [6.07, 6.45) is 2.24. The smallest absolute Gasteiger partial charge is 0.422 e. The highest BCUT2D eigenvalue weighted by Gasteiger charge is 2.30. The van der Waals surface area contributed by atoms with Crippen LogP contribution in [0.5, 0.6) is 11.6 Å². The monoisotopic (exact) mass is 358 g/mol. The summed E-state index contributed by atoms with van der Waals surface area (Å²) in [7, 11) is 1.36. The Kier molecular flexibility index (Phi) is 6.24. The zero-order valence-corrected chi connectivity index (χ0v) is 14.2. The summed E-state index contributed by atoms with van der Waals surface area (Å²) in [6.45, 7) is 3.25. The number of ether oxygens (including phenoxy) is 2. The van der Waals surface area contributed by atoms with Gasteiger partial charge in [-0.25, -0.2) is 4.98 Å². The Morgan fingerprint density at radius 2 is 2.16 bits per heavy atom. The molecule has 1 aliphatic heterocycles. The highest BCUT2D eigenvalue weighted by atomic mass is 19.4. The summed E-state index contributed by atoms with van der Waals surface area (Å²) >= 11 is 0. The maximum atomic E-state index is 12.3. The van der Waals surface area contributed by atoms with Crippen molar-refractivity contribution in [2.75, 3.05) is 20.3 Å². The minimum atomic E-state index is -4.44. The van der Waals surface area contributed by atoms with Crippen LogP contribution in [0.2, 0.25) is 0 Å². The molecule has 6 nitrogen and oxygen atoms in total. The summed E-state index contributed by atoms with van der Waals surface area (Å²) in [4.78, 5) is 10.3. The first kappa shape index (κ1) is 19.0. The van der Waals surface area contributed by atoms with Crippen LogP contribution in [-0.2, 0) is 0 Å². The zero-order chi connectivity index (χ0) is 18.4. The van der Waals surface area contributed by atoms with Gasteiger partial charge in [0.1, 0.15) is 0 Å². The number of hydrogen-bond acceptors (Lipinski definition) is 6. The predicted octanol–water partition coefficient (Wildman–Crippen LogP) is 2.89. The molecular weight excluding hydrogens is 337 g/mol. The molecule has 2 unspecified atom stereocenters. The van der Waals surface area contributed by atoms with Crippen molar-refractivity contribution in [3.8, 4) is 11.6 Å². The largest absolute Gasteiger partial charge is 0.491 e. The molecule has 1 aromatic rings. The van der Waals surface area contributed by atoms with Crippen LogP contribution in [0, 0.1) is 0 Å². The Bertz CT molecular complexity index is 634. The zero-order valence-electron chi connectivity index (χ0n) is 14.2. The topological polar surface area (TPSA) is 59.0 Å². The molecule has 0 saturated heterocycles. The van der Waals surface area contributed by atoms with E-state index in [1.54, 1.807) is 12.3 Å². The Hall–Kier alpha value is -2.29. The van der Waals surface area contributed by atoms with Crippen LogP contribution in [0.15, 0.2) is 29.5 Å². The minimum Gasteiger partial charge on any atom is -0.491 e.